The molecule has 2 N–H and O–H groups in total. The second kappa shape index (κ2) is 5.06. The monoisotopic (exact) mass is 170 g/mol. The largest absolute Gasteiger partial charge is 0.448 e. The Labute approximate surface area is 70.0 Å². The van der Waals surface area contributed by atoms with Crippen LogP contribution in [0.1, 0.15) is 0 Å². The Bertz CT molecular complexity index is 181. The minimum atomic E-state index is -0.296. The molecule has 0 bridgehead atoms. The molecule has 2 aliphatic rings. The number of hydroxylamine groups is 1. The molecule has 0 aromatic rings. The Morgan fingerprint density at radius 3 is 2.50 bits per heavy atom. The summed E-state index contributed by atoms with van der Waals surface area (Å²) in [6.45, 7) is 1.19. The molecule has 0 aromatic heterocycles. The fourth-order valence-electron chi connectivity index (χ4n) is 0.606. The third-order valence-electron chi connectivity index (χ3n) is 1.09. The molecule has 12 heavy (non-hydrogen) atoms. The summed E-state index contributed by atoms with van der Waals surface area (Å²) >= 11 is 0. The summed E-state index contributed by atoms with van der Waals surface area (Å²) in [7, 11) is 0. The van der Waals surface area contributed by atoms with E-state index in [-0.39, 0.29) is 6.09 Å². The van der Waals surface area contributed by atoms with Crippen molar-refractivity contribution in [1.29, 1.82) is 0 Å². The van der Waals surface area contributed by atoms with Crippen LogP contribution >= 0.6 is 0 Å². The zero-order valence-electron chi connectivity index (χ0n) is 6.45. The van der Waals surface area contributed by atoms with E-state index in [1.165, 1.54) is 0 Å². The molecule has 0 radical (unpaired) electrons. The van der Waals surface area contributed by atoms with E-state index in [2.05, 4.69) is 20.4 Å². The zero-order chi connectivity index (χ0) is 8.65. The summed E-state index contributed by atoms with van der Waals surface area (Å²) in [5.74, 6) is 0. The van der Waals surface area contributed by atoms with Crippen LogP contribution in [0, 0.1) is 0 Å². The minimum Gasteiger partial charge on any atom is -0.448 e. The van der Waals surface area contributed by atoms with Gasteiger partial charge in [0.15, 0.2) is 0 Å². The Hall–Kier alpha value is -1.65. The van der Waals surface area contributed by atoms with Gasteiger partial charge in [-0.05, 0) is 12.2 Å². The normalized spacial score (nSPS) is 17.8. The summed E-state index contributed by atoms with van der Waals surface area (Å²) < 4.78 is 4.40. The van der Waals surface area contributed by atoms with Crippen molar-refractivity contribution >= 4 is 6.09 Å². The van der Waals surface area contributed by atoms with Crippen LogP contribution in [-0.2, 0) is 9.57 Å². The van der Waals surface area contributed by atoms with Crippen LogP contribution in [0.3, 0.4) is 0 Å². The average Bonchev–Trinajstić information content (AvgIpc) is 2.60. The number of hydrogen-bond donors (Lipinski definition) is 2. The first-order valence-corrected chi connectivity index (χ1v) is 3.53. The predicted octanol–water partition coefficient (Wildman–Crippen LogP) is 0.275. The first kappa shape index (κ1) is 8.45. The molecular formula is C7H10N2O3. The van der Waals surface area contributed by atoms with Gasteiger partial charge < -0.3 is 14.9 Å². The molecule has 1 amide bonds. The minimum absolute atomic E-state index is 0.296. The molecule has 0 atom stereocenters. The predicted molar refractivity (Wildman–Crippen MR) is 41.9 cm³/mol. The highest BCUT2D eigenvalue weighted by atomic mass is 16.6. The van der Waals surface area contributed by atoms with E-state index in [9.17, 15) is 4.79 Å². The van der Waals surface area contributed by atoms with Crippen LogP contribution < -0.4 is 10.8 Å². The van der Waals surface area contributed by atoms with Crippen molar-refractivity contribution in [3.05, 3.63) is 24.6 Å². The molecule has 66 valence electrons. The molecule has 1 fully saturated rings. The second-order valence-electron chi connectivity index (χ2n) is 1.99. The molecule has 0 aliphatic carbocycles. The van der Waals surface area contributed by atoms with Crippen LogP contribution in [-0.4, -0.2) is 19.2 Å². The number of nitrogens with one attached hydrogen (secondary N) is 2. The molecule has 0 spiro atoms. The van der Waals surface area contributed by atoms with E-state index in [4.69, 9.17) is 0 Å². The number of hydrogen-bond acceptors (Lipinski definition) is 4. The van der Waals surface area contributed by atoms with Crippen molar-refractivity contribution in [2.75, 3.05) is 13.2 Å². The van der Waals surface area contributed by atoms with Crippen LogP contribution in [0.5, 0.6) is 0 Å². The van der Waals surface area contributed by atoms with Crippen molar-refractivity contribution in [3.63, 3.8) is 0 Å². The Balaban J connectivity index is 0.000000120. The SMILES string of the molecule is C1=CNOC=C1.O=C1NCCO1. The quantitative estimate of drug-likeness (QED) is 0.548. The van der Waals surface area contributed by atoms with E-state index >= 15 is 0 Å². The zero-order valence-corrected chi connectivity index (χ0v) is 6.45. The fourth-order valence-corrected chi connectivity index (χ4v) is 0.606. The lowest BCUT2D eigenvalue weighted by Crippen LogP contribution is -2.11. The molecule has 2 rings (SSSR count). The van der Waals surface area contributed by atoms with Crippen LogP contribution in [0.25, 0.3) is 0 Å². The van der Waals surface area contributed by atoms with Crippen LogP contribution in [0.2, 0.25) is 0 Å². The van der Waals surface area contributed by atoms with Gasteiger partial charge in [-0.15, -0.1) is 0 Å². The van der Waals surface area contributed by atoms with Gasteiger partial charge >= 0.3 is 6.09 Å². The molecule has 0 aromatic carbocycles. The lowest BCUT2D eigenvalue weighted by Gasteiger charge is -1.97. The number of carbonyl (C=O) groups excluding carboxylic acids is 1. The first-order chi connectivity index (χ1) is 5.89. The standard InChI is InChI=1S/C4H5NO.C3H5NO2/c1-2-4-6-5-3-1;5-3-4-1-2-6-3/h1-5H;1-2H2,(H,4,5). The summed E-state index contributed by atoms with van der Waals surface area (Å²) in [4.78, 5) is 14.5. The molecular weight excluding hydrogens is 160 g/mol. The molecule has 1 saturated heterocycles. The molecule has 2 aliphatic heterocycles. The second-order valence-corrected chi connectivity index (χ2v) is 1.99. The lowest BCUT2D eigenvalue weighted by atomic mass is 10.6. The molecule has 0 saturated carbocycles. The van der Waals surface area contributed by atoms with E-state index in [1.54, 1.807) is 18.5 Å². The highest BCUT2D eigenvalue weighted by Gasteiger charge is 2.06. The average molecular weight is 170 g/mol. The van der Waals surface area contributed by atoms with Gasteiger partial charge in [0.1, 0.15) is 12.9 Å². The highest BCUT2D eigenvalue weighted by Crippen LogP contribution is 1.82. The van der Waals surface area contributed by atoms with E-state index in [0.29, 0.717) is 13.2 Å². The van der Waals surface area contributed by atoms with E-state index in [1.807, 2.05) is 6.08 Å². The van der Waals surface area contributed by atoms with Crippen LogP contribution in [0.15, 0.2) is 24.6 Å². The number of amides is 1. The summed E-state index contributed by atoms with van der Waals surface area (Å²) in [5, 5.41) is 2.46. The van der Waals surface area contributed by atoms with Gasteiger partial charge in [-0.1, -0.05) is 0 Å². The number of ether oxygens (including phenoxy) is 1. The molecule has 5 nitrogen and oxygen atoms in total. The van der Waals surface area contributed by atoms with Gasteiger partial charge in [0.2, 0.25) is 0 Å². The third-order valence-corrected chi connectivity index (χ3v) is 1.09. The topological polar surface area (TPSA) is 59.6 Å². The van der Waals surface area contributed by atoms with Crippen molar-refractivity contribution in [1.82, 2.24) is 10.8 Å². The van der Waals surface area contributed by atoms with Crippen molar-refractivity contribution < 1.29 is 14.4 Å². The number of allylic oxidation sites excluding steroid dienone is 2. The van der Waals surface area contributed by atoms with E-state index < -0.39 is 0 Å². The maximum atomic E-state index is 9.91. The smallest absolute Gasteiger partial charge is 0.407 e. The molecule has 5 heteroatoms. The van der Waals surface area contributed by atoms with Gasteiger partial charge in [-0.25, -0.2) is 10.3 Å². The van der Waals surface area contributed by atoms with Gasteiger partial charge in [0, 0.05) is 6.20 Å². The summed E-state index contributed by atoms with van der Waals surface area (Å²) in [5.41, 5.74) is 2.52. The maximum Gasteiger partial charge on any atom is 0.407 e. The number of alkyl carbamates (subject to hydrolysis) is 1. The Kier molecular flexibility index (Phi) is 3.56. The number of carbonyl (C=O) groups is 1. The van der Waals surface area contributed by atoms with Crippen molar-refractivity contribution in [2.45, 2.75) is 0 Å². The highest BCUT2D eigenvalue weighted by molar-refractivity contribution is 5.68. The Morgan fingerprint density at radius 2 is 2.33 bits per heavy atom. The fraction of sp³-hybridized carbons (Fsp3) is 0.286. The van der Waals surface area contributed by atoms with Gasteiger partial charge in [0.25, 0.3) is 0 Å². The third kappa shape index (κ3) is 3.50. The van der Waals surface area contributed by atoms with Crippen molar-refractivity contribution in [3.8, 4) is 0 Å². The first-order valence-electron chi connectivity index (χ1n) is 3.53. The summed E-state index contributed by atoms with van der Waals surface area (Å²) in [6.07, 6.45) is 6.63. The molecule has 0 unspecified atom stereocenters. The van der Waals surface area contributed by atoms with Gasteiger partial charge in [0.05, 0.1) is 6.54 Å². The Morgan fingerprint density at radius 1 is 1.42 bits per heavy atom. The molecule has 2 heterocycles. The van der Waals surface area contributed by atoms with Gasteiger partial charge in [-0.2, -0.15) is 0 Å². The van der Waals surface area contributed by atoms with Crippen LogP contribution in [0.4, 0.5) is 4.79 Å². The van der Waals surface area contributed by atoms with E-state index in [0.717, 1.165) is 0 Å². The summed E-state index contributed by atoms with van der Waals surface area (Å²) in [6, 6.07) is 0. The number of cyclic esters (lactones) is 1. The number of rotatable bonds is 0. The lowest BCUT2D eigenvalue weighted by molar-refractivity contribution is 0.172. The van der Waals surface area contributed by atoms with Gasteiger partial charge in [-0.3, -0.25) is 0 Å². The van der Waals surface area contributed by atoms with Crippen molar-refractivity contribution in [2.24, 2.45) is 0 Å². The maximum absolute atomic E-state index is 9.91.